The second-order valence-corrected chi connectivity index (χ2v) is 7.00. The van der Waals surface area contributed by atoms with Crippen LogP contribution in [-0.2, 0) is 6.54 Å². The standard InChI is InChI=1S/C20H24INO3/c1-4-5-10-25-18-9-7-15(11-19(18)24-3)13-22-20(23)16-8-6-14(2)17(21)12-16/h6-9,11-12H,4-5,10,13H2,1-3H3,(H,22,23). The number of methoxy groups -OCH3 is 1. The van der Waals surface area contributed by atoms with Crippen molar-refractivity contribution in [3.05, 3.63) is 56.7 Å². The fraction of sp³-hybridized carbons (Fsp3) is 0.350. The zero-order valence-corrected chi connectivity index (χ0v) is 17.1. The van der Waals surface area contributed by atoms with Crippen LogP contribution in [0, 0.1) is 10.5 Å². The van der Waals surface area contributed by atoms with Gasteiger partial charge in [0.1, 0.15) is 0 Å². The number of hydrogen-bond acceptors (Lipinski definition) is 3. The molecule has 2 aromatic rings. The van der Waals surface area contributed by atoms with Gasteiger partial charge in [0, 0.05) is 15.7 Å². The number of carbonyl (C=O) groups is 1. The summed E-state index contributed by atoms with van der Waals surface area (Å²) in [6, 6.07) is 11.4. The molecule has 1 amide bonds. The first-order valence-corrected chi connectivity index (χ1v) is 9.47. The molecule has 0 radical (unpaired) electrons. The maximum absolute atomic E-state index is 12.3. The van der Waals surface area contributed by atoms with E-state index in [4.69, 9.17) is 9.47 Å². The Bertz CT molecular complexity index is 731. The number of nitrogens with one attached hydrogen (secondary N) is 1. The normalized spacial score (nSPS) is 10.4. The highest BCUT2D eigenvalue weighted by Crippen LogP contribution is 2.28. The number of amides is 1. The van der Waals surface area contributed by atoms with Crippen molar-refractivity contribution in [1.82, 2.24) is 5.32 Å². The molecule has 0 aliphatic rings. The van der Waals surface area contributed by atoms with E-state index in [2.05, 4.69) is 34.8 Å². The number of aryl methyl sites for hydroxylation is 1. The highest BCUT2D eigenvalue weighted by atomic mass is 127. The van der Waals surface area contributed by atoms with E-state index in [9.17, 15) is 4.79 Å². The van der Waals surface area contributed by atoms with Crippen molar-refractivity contribution in [3.63, 3.8) is 0 Å². The quantitative estimate of drug-likeness (QED) is 0.465. The van der Waals surface area contributed by atoms with E-state index in [1.165, 1.54) is 5.56 Å². The van der Waals surface area contributed by atoms with Crippen molar-refractivity contribution in [2.45, 2.75) is 33.2 Å². The van der Waals surface area contributed by atoms with E-state index in [0.29, 0.717) is 24.5 Å². The average Bonchev–Trinajstić information content (AvgIpc) is 2.62. The van der Waals surface area contributed by atoms with Crippen molar-refractivity contribution in [3.8, 4) is 11.5 Å². The summed E-state index contributed by atoms with van der Waals surface area (Å²) in [5, 5.41) is 2.95. The predicted octanol–water partition coefficient (Wildman–Crippen LogP) is 4.72. The molecule has 0 saturated carbocycles. The molecular weight excluding hydrogens is 429 g/mol. The van der Waals surface area contributed by atoms with Crippen molar-refractivity contribution in [2.24, 2.45) is 0 Å². The molecule has 4 nitrogen and oxygen atoms in total. The van der Waals surface area contributed by atoms with Crippen LogP contribution in [-0.4, -0.2) is 19.6 Å². The molecule has 0 heterocycles. The number of carbonyl (C=O) groups excluding carboxylic acids is 1. The van der Waals surface area contributed by atoms with Gasteiger partial charge in [-0.05, 0) is 71.3 Å². The highest BCUT2D eigenvalue weighted by Gasteiger charge is 2.09. The topological polar surface area (TPSA) is 47.6 Å². The summed E-state index contributed by atoms with van der Waals surface area (Å²) in [6.45, 7) is 5.27. The molecule has 134 valence electrons. The minimum atomic E-state index is -0.0832. The molecule has 2 rings (SSSR count). The number of benzene rings is 2. The molecule has 0 saturated heterocycles. The summed E-state index contributed by atoms with van der Waals surface area (Å²) < 4.78 is 12.2. The van der Waals surface area contributed by atoms with Gasteiger partial charge in [-0.2, -0.15) is 0 Å². The van der Waals surface area contributed by atoms with Gasteiger partial charge in [0.2, 0.25) is 0 Å². The van der Waals surface area contributed by atoms with E-state index in [1.54, 1.807) is 7.11 Å². The summed E-state index contributed by atoms with van der Waals surface area (Å²) >= 11 is 2.24. The van der Waals surface area contributed by atoms with Gasteiger partial charge in [-0.1, -0.05) is 25.5 Å². The Balaban J connectivity index is 1.99. The third-order valence-electron chi connectivity index (χ3n) is 3.87. The average molecular weight is 453 g/mol. The predicted molar refractivity (Wildman–Crippen MR) is 108 cm³/mol. The molecule has 25 heavy (non-hydrogen) atoms. The highest BCUT2D eigenvalue weighted by molar-refractivity contribution is 14.1. The lowest BCUT2D eigenvalue weighted by Gasteiger charge is -2.12. The summed E-state index contributed by atoms with van der Waals surface area (Å²) in [5.74, 6) is 1.34. The van der Waals surface area contributed by atoms with Crippen molar-refractivity contribution >= 4 is 28.5 Å². The second-order valence-electron chi connectivity index (χ2n) is 5.83. The Kier molecular flexibility index (Phi) is 7.55. The van der Waals surface area contributed by atoms with Gasteiger partial charge in [0.05, 0.1) is 13.7 Å². The first kappa shape index (κ1) is 19.6. The fourth-order valence-electron chi connectivity index (χ4n) is 2.29. The molecule has 0 aliphatic carbocycles. The Morgan fingerprint density at radius 1 is 1.16 bits per heavy atom. The first-order chi connectivity index (χ1) is 12.0. The number of halogens is 1. The van der Waals surface area contributed by atoms with Gasteiger partial charge in [-0.15, -0.1) is 0 Å². The zero-order valence-electron chi connectivity index (χ0n) is 14.9. The Hall–Kier alpha value is -1.76. The SMILES string of the molecule is CCCCOc1ccc(CNC(=O)c2ccc(C)c(I)c2)cc1OC. The fourth-order valence-corrected chi connectivity index (χ4v) is 2.80. The van der Waals surface area contributed by atoms with Crippen LogP contribution in [0.5, 0.6) is 11.5 Å². The summed E-state index contributed by atoms with van der Waals surface area (Å²) in [5.41, 5.74) is 2.80. The molecule has 0 aromatic heterocycles. The number of hydrogen-bond donors (Lipinski definition) is 1. The maximum Gasteiger partial charge on any atom is 0.251 e. The lowest BCUT2D eigenvalue weighted by Crippen LogP contribution is -2.23. The van der Waals surface area contributed by atoms with Crippen molar-refractivity contribution < 1.29 is 14.3 Å². The molecule has 0 spiro atoms. The Morgan fingerprint density at radius 3 is 2.64 bits per heavy atom. The van der Waals surface area contributed by atoms with E-state index in [-0.39, 0.29) is 5.91 Å². The Labute approximate surface area is 163 Å². The molecule has 0 atom stereocenters. The number of rotatable bonds is 8. The van der Waals surface area contributed by atoms with E-state index in [0.717, 1.165) is 27.7 Å². The van der Waals surface area contributed by atoms with Crippen molar-refractivity contribution in [2.75, 3.05) is 13.7 Å². The third kappa shape index (κ3) is 5.63. The van der Waals surface area contributed by atoms with Crippen LogP contribution in [0.3, 0.4) is 0 Å². The monoisotopic (exact) mass is 453 g/mol. The number of ether oxygens (including phenoxy) is 2. The van der Waals surface area contributed by atoms with Crippen LogP contribution in [0.15, 0.2) is 36.4 Å². The number of unbranched alkanes of at least 4 members (excludes halogenated alkanes) is 1. The van der Waals surface area contributed by atoms with Crippen LogP contribution in [0.25, 0.3) is 0 Å². The smallest absolute Gasteiger partial charge is 0.251 e. The summed E-state index contributed by atoms with van der Waals surface area (Å²) in [6.07, 6.45) is 2.10. The molecule has 0 bridgehead atoms. The maximum atomic E-state index is 12.3. The minimum absolute atomic E-state index is 0.0832. The minimum Gasteiger partial charge on any atom is -0.493 e. The van der Waals surface area contributed by atoms with Gasteiger partial charge in [0.15, 0.2) is 11.5 Å². The van der Waals surface area contributed by atoms with Crippen LogP contribution in [0.1, 0.15) is 41.3 Å². The molecular formula is C20H24INO3. The van der Waals surface area contributed by atoms with E-state index >= 15 is 0 Å². The molecule has 1 N–H and O–H groups in total. The van der Waals surface area contributed by atoms with E-state index in [1.807, 2.05) is 43.3 Å². The van der Waals surface area contributed by atoms with Crippen molar-refractivity contribution in [1.29, 1.82) is 0 Å². The molecule has 0 aliphatic heterocycles. The van der Waals surface area contributed by atoms with E-state index < -0.39 is 0 Å². The van der Waals surface area contributed by atoms with Crippen LogP contribution < -0.4 is 14.8 Å². The van der Waals surface area contributed by atoms with Crippen LogP contribution in [0.4, 0.5) is 0 Å². The van der Waals surface area contributed by atoms with Gasteiger partial charge >= 0.3 is 0 Å². The Morgan fingerprint density at radius 2 is 1.96 bits per heavy atom. The largest absolute Gasteiger partial charge is 0.493 e. The van der Waals surface area contributed by atoms with Gasteiger partial charge in [-0.3, -0.25) is 4.79 Å². The lowest BCUT2D eigenvalue weighted by molar-refractivity contribution is 0.0951. The molecule has 0 fully saturated rings. The van der Waals surface area contributed by atoms with Gasteiger partial charge < -0.3 is 14.8 Å². The zero-order chi connectivity index (χ0) is 18.2. The molecule has 5 heteroatoms. The summed E-state index contributed by atoms with van der Waals surface area (Å²) in [7, 11) is 1.62. The van der Waals surface area contributed by atoms with Crippen LogP contribution in [0.2, 0.25) is 0 Å². The molecule has 0 unspecified atom stereocenters. The summed E-state index contributed by atoms with van der Waals surface area (Å²) in [4.78, 5) is 12.3. The molecule has 2 aromatic carbocycles. The van der Waals surface area contributed by atoms with Crippen LogP contribution >= 0.6 is 22.6 Å². The third-order valence-corrected chi connectivity index (χ3v) is 5.03. The lowest BCUT2D eigenvalue weighted by atomic mass is 10.1. The first-order valence-electron chi connectivity index (χ1n) is 8.39. The second kappa shape index (κ2) is 9.65. The van der Waals surface area contributed by atoms with Gasteiger partial charge in [-0.25, -0.2) is 0 Å². The van der Waals surface area contributed by atoms with Gasteiger partial charge in [0.25, 0.3) is 5.91 Å².